The van der Waals surface area contributed by atoms with Crippen LogP contribution in [-0.4, -0.2) is 26.1 Å². The van der Waals surface area contributed by atoms with E-state index in [-0.39, 0.29) is 29.6 Å². The monoisotopic (exact) mass is 400 g/mol. The second-order valence-corrected chi connectivity index (χ2v) is 8.22. The molecule has 0 aliphatic heterocycles. The normalized spacial score (nSPS) is 12.1. The van der Waals surface area contributed by atoms with E-state index in [9.17, 15) is 17.6 Å². The van der Waals surface area contributed by atoms with Crippen LogP contribution in [0.2, 0.25) is 0 Å². The second kappa shape index (κ2) is 9.54. The minimum atomic E-state index is -3.67. The Bertz CT molecular complexity index is 825. The summed E-state index contributed by atoms with van der Waals surface area (Å²) in [6.07, 6.45) is 0.479. The van der Waals surface area contributed by atoms with Crippen molar-refractivity contribution >= 4 is 33.8 Å². The number of hydrogen-bond acceptors (Lipinski definition) is 4. The second-order valence-electron chi connectivity index (χ2n) is 5.86. The predicted molar refractivity (Wildman–Crippen MR) is 102 cm³/mol. The van der Waals surface area contributed by atoms with Gasteiger partial charge in [-0.25, -0.2) is 12.8 Å². The Morgan fingerprint density at radius 2 is 1.69 bits per heavy atom. The Hall–Kier alpha value is -2.12. The minimum absolute atomic E-state index is 0. The van der Waals surface area contributed by atoms with Crippen LogP contribution in [0.4, 0.5) is 10.1 Å². The summed E-state index contributed by atoms with van der Waals surface area (Å²) in [7, 11) is -3.67. The molecule has 0 aliphatic rings. The number of nitrogens with two attached hydrogens (primary N) is 1. The maximum absolute atomic E-state index is 12.9. The molecule has 1 atom stereocenters. The first kappa shape index (κ1) is 21.9. The molecule has 0 heterocycles. The van der Waals surface area contributed by atoms with Gasteiger partial charge in [0.15, 0.2) is 9.84 Å². The molecule has 2 aromatic carbocycles. The van der Waals surface area contributed by atoms with E-state index in [1.165, 1.54) is 19.1 Å². The molecule has 26 heavy (non-hydrogen) atoms. The molecule has 0 fully saturated rings. The summed E-state index contributed by atoms with van der Waals surface area (Å²) in [6, 6.07) is 11.9. The number of carbonyl (C=O) groups is 1. The molecule has 0 radical (unpaired) electrons. The molecule has 8 heteroatoms. The van der Waals surface area contributed by atoms with Gasteiger partial charge in [-0.2, -0.15) is 0 Å². The van der Waals surface area contributed by atoms with Gasteiger partial charge in [0.05, 0.1) is 10.1 Å². The Morgan fingerprint density at radius 3 is 2.27 bits per heavy atom. The molecule has 0 bridgehead atoms. The van der Waals surface area contributed by atoms with E-state index in [0.717, 1.165) is 17.7 Å². The zero-order valence-corrected chi connectivity index (χ0v) is 15.9. The van der Waals surface area contributed by atoms with Crippen LogP contribution < -0.4 is 11.1 Å². The van der Waals surface area contributed by atoms with Crippen LogP contribution in [0.3, 0.4) is 0 Å². The smallest absolute Gasteiger partial charge is 0.221 e. The largest absolute Gasteiger partial charge is 0.399 e. The topological polar surface area (TPSA) is 89.3 Å². The van der Waals surface area contributed by atoms with Gasteiger partial charge in [-0.15, -0.1) is 12.4 Å². The van der Waals surface area contributed by atoms with Gasteiger partial charge in [0.25, 0.3) is 0 Å². The lowest BCUT2D eigenvalue weighted by molar-refractivity contribution is -0.121. The molecule has 1 unspecified atom stereocenters. The van der Waals surface area contributed by atoms with Crippen molar-refractivity contribution in [2.24, 2.45) is 0 Å². The van der Waals surface area contributed by atoms with Crippen LogP contribution in [0.15, 0.2) is 53.4 Å². The van der Waals surface area contributed by atoms with Crippen molar-refractivity contribution in [3.05, 3.63) is 59.9 Å². The number of hydrogen-bond donors (Lipinski definition) is 2. The van der Waals surface area contributed by atoms with Gasteiger partial charge in [0.2, 0.25) is 5.91 Å². The average Bonchev–Trinajstić information content (AvgIpc) is 2.57. The summed E-state index contributed by atoms with van der Waals surface area (Å²) in [5.74, 6) is -0.847. The molecule has 0 aliphatic carbocycles. The van der Waals surface area contributed by atoms with Gasteiger partial charge in [0, 0.05) is 18.7 Å². The molecule has 5 nitrogen and oxygen atoms in total. The van der Waals surface area contributed by atoms with Crippen molar-refractivity contribution in [3.63, 3.8) is 0 Å². The first-order valence-electron chi connectivity index (χ1n) is 7.89. The van der Waals surface area contributed by atoms with Crippen molar-refractivity contribution in [2.45, 2.75) is 29.9 Å². The van der Waals surface area contributed by atoms with E-state index in [2.05, 4.69) is 5.32 Å². The number of benzene rings is 2. The van der Waals surface area contributed by atoms with Crippen LogP contribution in [0.1, 0.15) is 18.9 Å². The van der Waals surface area contributed by atoms with Crippen molar-refractivity contribution in [3.8, 4) is 0 Å². The van der Waals surface area contributed by atoms with Crippen LogP contribution in [0.5, 0.6) is 0 Å². The number of sulfone groups is 1. The maximum atomic E-state index is 12.9. The minimum Gasteiger partial charge on any atom is -0.399 e. The number of anilines is 1. The number of nitrogens with one attached hydrogen (secondary N) is 1. The highest BCUT2D eigenvalue weighted by molar-refractivity contribution is 7.92. The molecule has 1 amide bonds. The van der Waals surface area contributed by atoms with Gasteiger partial charge < -0.3 is 11.1 Å². The van der Waals surface area contributed by atoms with Crippen LogP contribution >= 0.6 is 12.4 Å². The van der Waals surface area contributed by atoms with E-state index in [1.807, 2.05) is 12.1 Å². The van der Waals surface area contributed by atoms with E-state index >= 15 is 0 Å². The quantitative estimate of drug-likeness (QED) is 0.552. The van der Waals surface area contributed by atoms with Crippen molar-refractivity contribution in [1.29, 1.82) is 0 Å². The third-order valence-electron chi connectivity index (χ3n) is 3.86. The summed E-state index contributed by atoms with van der Waals surface area (Å²) in [5.41, 5.74) is 7.31. The molecule has 0 aromatic heterocycles. The Morgan fingerprint density at radius 1 is 1.12 bits per heavy atom. The SMILES string of the molecule is CC(CC(=O)NCCc1ccc(N)cc1)S(=O)(=O)c1ccc(F)cc1.Cl. The Labute approximate surface area is 159 Å². The van der Waals surface area contributed by atoms with Crippen molar-refractivity contribution in [2.75, 3.05) is 12.3 Å². The fourth-order valence-electron chi connectivity index (χ4n) is 2.33. The molecule has 0 saturated heterocycles. The third kappa shape index (κ3) is 6.00. The van der Waals surface area contributed by atoms with Crippen LogP contribution in [0, 0.1) is 5.82 Å². The molecule has 0 saturated carbocycles. The van der Waals surface area contributed by atoms with Crippen LogP contribution in [-0.2, 0) is 21.1 Å². The lowest BCUT2D eigenvalue weighted by Crippen LogP contribution is -2.31. The third-order valence-corrected chi connectivity index (χ3v) is 6.02. The predicted octanol–water partition coefficient (Wildman–Crippen LogP) is 2.74. The fourth-order valence-corrected chi connectivity index (χ4v) is 3.68. The first-order valence-corrected chi connectivity index (χ1v) is 9.44. The summed E-state index contributed by atoms with van der Waals surface area (Å²) in [5, 5.41) is 1.82. The van der Waals surface area contributed by atoms with Gasteiger partial charge >= 0.3 is 0 Å². The van der Waals surface area contributed by atoms with Crippen molar-refractivity contribution in [1.82, 2.24) is 5.32 Å². The van der Waals surface area contributed by atoms with E-state index < -0.39 is 20.9 Å². The zero-order chi connectivity index (χ0) is 18.4. The maximum Gasteiger partial charge on any atom is 0.221 e. The van der Waals surface area contributed by atoms with Gasteiger partial charge in [-0.3, -0.25) is 4.79 Å². The standard InChI is InChI=1S/C18H21FN2O3S.ClH/c1-13(25(23,24)17-8-4-15(19)5-9-17)12-18(22)21-11-10-14-2-6-16(20)7-3-14;/h2-9,13H,10-12,20H2,1H3,(H,21,22);1H. The van der Waals surface area contributed by atoms with E-state index in [0.29, 0.717) is 18.7 Å². The average molecular weight is 401 g/mol. The number of nitrogen functional groups attached to an aromatic ring is 1. The number of amides is 1. The van der Waals surface area contributed by atoms with Gasteiger partial charge in [-0.05, 0) is 55.3 Å². The lowest BCUT2D eigenvalue weighted by Gasteiger charge is -2.13. The lowest BCUT2D eigenvalue weighted by atomic mass is 10.1. The summed E-state index contributed by atoms with van der Waals surface area (Å²) in [6.45, 7) is 1.88. The highest BCUT2D eigenvalue weighted by Gasteiger charge is 2.25. The Kier molecular flexibility index (Phi) is 8.05. The molecular weight excluding hydrogens is 379 g/mol. The van der Waals surface area contributed by atoms with Crippen molar-refractivity contribution < 1.29 is 17.6 Å². The van der Waals surface area contributed by atoms with E-state index in [4.69, 9.17) is 5.73 Å². The van der Waals surface area contributed by atoms with E-state index in [1.54, 1.807) is 12.1 Å². The molecule has 2 aromatic rings. The molecule has 0 spiro atoms. The highest BCUT2D eigenvalue weighted by Crippen LogP contribution is 2.18. The first-order chi connectivity index (χ1) is 11.8. The number of rotatable bonds is 7. The fraction of sp³-hybridized carbons (Fsp3) is 0.278. The van der Waals surface area contributed by atoms with Gasteiger partial charge in [-0.1, -0.05) is 12.1 Å². The van der Waals surface area contributed by atoms with Crippen LogP contribution in [0.25, 0.3) is 0 Å². The molecule has 142 valence electrons. The number of halogens is 2. The summed E-state index contributed by atoms with van der Waals surface area (Å²) >= 11 is 0. The number of carbonyl (C=O) groups excluding carboxylic acids is 1. The summed E-state index contributed by atoms with van der Waals surface area (Å²) < 4.78 is 37.7. The Balaban J connectivity index is 0.00000338. The molecule has 2 rings (SSSR count). The highest BCUT2D eigenvalue weighted by atomic mass is 35.5. The summed E-state index contributed by atoms with van der Waals surface area (Å²) in [4.78, 5) is 12.0. The van der Waals surface area contributed by atoms with Gasteiger partial charge in [0.1, 0.15) is 5.82 Å². The molecular formula is C18H22ClFN2O3S. The molecule has 3 N–H and O–H groups in total. The zero-order valence-electron chi connectivity index (χ0n) is 14.3.